The largest absolute Gasteiger partial charge is 0.371 e. The van der Waals surface area contributed by atoms with E-state index < -0.39 is 0 Å². The molecule has 7 heteroatoms. The first-order valence-electron chi connectivity index (χ1n) is 9.52. The molecule has 0 bridgehead atoms. The van der Waals surface area contributed by atoms with Crippen molar-refractivity contribution in [3.8, 4) is 6.07 Å². The Kier molecular flexibility index (Phi) is 5.78. The highest BCUT2D eigenvalue weighted by Gasteiger charge is 2.27. The number of nitrogens with zero attached hydrogens (tertiary/aromatic N) is 5. The summed E-state index contributed by atoms with van der Waals surface area (Å²) in [7, 11) is 1.93. The Morgan fingerprint density at radius 1 is 1.32 bits per heavy atom. The van der Waals surface area contributed by atoms with E-state index in [1.165, 1.54) is 4.68 Å². The molecule has 1 amide bonds. The standard InChI is InChI=1S/C21H25N5O2/c1-15(2)24(3)19-11-20(27)26(23-13-19)18-5-4-10-25(14-18)21(28)17-8-6-16(12-22)7-9-17/h6-9,11,13,15,18H,4-5,10,14H2,1-3H3. The van der Waals surface area contributed by atoms with Gasteiger partial charge in [0.2, 0.25) is 0 Å². The second kappa shape index (κ2) is 8.26. The Bertz CT molecular complexity index is 943. The lowest BCUT2D eigenvalue weighted by molar-refractivity contribution is 0.0670. The molecule has 0 radical (unpaired) electrons. The first-order chi connectivity index (χ1) is 13.4. The van der Waals surface area contributed by atoms with Crippen molar-refractivity contribution in [1.29, 1.82) is 5.26 Å². The zero-order valence-corrected chi connectivity index (χ0v) is 16.5. The zero-order chi connectivity index (χ0) is 20.3. The van der Waals surface area contributed by atoms with E-state index >= 15 is 0 Å². The molecule has 2 heterocycles. The predicted molar refractivity (Wildman–Crippen MR) is 107 cm³/mol. The number of aromatic nitrogens is 2. The molecule has 3 rings (SSSR count). The Morgan fingerprint density at radius 3 is 2.64 bits per heavy atom. The molecular weight excluding hydrogens is 354 g/mol. The molecule has 146 valence electrons. The minimum absolute atomic E-state index is 0.0848. The highest BCUT2D eigenvalue weighted by molar-refractivity contribution is 5.94. The van der Waals surface area contributed by atoms with Gasteiger partial charge in [-0.1, -0.05) is 0 Å². The number of hydrogen-bond donors (Lipinski definition) is 0. The van der Waals surface area contributed by atoms with Crippen molar-refractivity contribution in [3.05, 3.63) is 58.0 Å². The first kappa shape index (κ1) is 19.6. The van der Waals surface area contributed by atoms with Crippen LogP contribution in [0.2, 0.25) is 0 Å². The first-order valence-corrected chi connectivity index (χ1v) is 9.52. The topological polar surface area (TPSA) is 82.2 Å². The van der Waals surface area contributed by atoms with Crippen LogP contribution in [0.15, 0.2) is 41.3 Å². The quantitative estimate of drug-likeness (QED) is 0.815. The highest BCUT2D eigenvalue weighted by atomic mass is 16.2. The zero-order valence-electron chi connectivity index (χ0n) is 16.5. The van der Waals surface area contributed by atoms with Gasteiger partial charge < -0.3 is 9.80 Å². The molecule has 1 fully saturated rings. The molecule has 1 aromatic heterocycles. The summed E-state index contributed by atoms with van der Waals surface area (Å²) in [6.07, 6.45) is 3.33. The number of carbonyl (C=O) groups excluding carboxylic acids is 1. The van der Waals surface area contributed by atoms with Crippen molar-refractivity contribution in [2.24, 2.45) is 0 Å². The number of amides is 1. The second-order valence-electron chi connectivity index (χ2n) is 7.44. The van der Waals surface area contributed by atoms with Gasteiger partial charge in [0.25, 0.3) is 11.5 Å². The third-order valence-electron chi connectivity index (χ3n) is 5.28. The maximum atomic E-state index is 12.8. The number of nitriles is 1. The molecule has 0 spiro atoms. The van der Waals surface area contributed by atoms with Gasteiger partial charge in [-0.15, -0.1) is 0 Å². The number of benzene rings is 1. The fourth-order valence-electron chi connectivity index (χ4n) is 3.38. The lowest BCUT2D eigenvalue weighted by Gasteiger charge is -2.33. The van der Waals surface area contributed by atoms with E-state index in [0.29, 0.717) is 24.2 Å². The van der Waals surface area contributed by atoms with Crippen molar-refractivity contribution in [2.45, 2.75) is 38.8 Å². The van der Waals surface area contributed by atoms with Gasteiger partial charge in [-0.3, -0.25) is 9.59 Å². The SMILES string of the molecule is CC(C)N(C)c1cnn(C2CCCN(C(=O)c3ccc(C#N)cc3)C2)c(=O)c1. The van der Waals surface area contributed by atoms with E-state index in [1.54, 1.807) is 41.4 Å². The summed E-state index contributed by atoms with van der Waals surface area (Å²) in [6.45, 7) is 5.21. The number of rotatable bonds is 4. The Labute approximate surface area is 164 Å². The third kappa shape index (κ3) is 4.06. The molecule has 0 saturated carbocycles. The molecule has 1 aliphatic heterocycles. The van der Waals surface area contributed by atoms with Gasteiger partial charge in [-0.2, -0.15) is 10.4 Å². The fraction of sp³-hybridized carbons (Fsp3) is 0.429. The van der Waals surface area contributed by atoms with Crippen LogP contribution in [0.25, 0.3) is 0 Å². The molecule has 1 aliphatic rings. The van der Waals surface area contributed by atoms with Gasteiger partial charge in [0.15, 0.2) is 0 Å². The van der Waals surface area contributed by atoms with E-state index in [-0.39, 0.29) is 23.6 Å². The predicted octanol–water partition coefficient (Wildman–Crippen LogP) is 2.44. The molecule has 1 saturated heterocycles. The fourth-order valence-corrected chi connectivity index (χ4v) is 3.38. The Hall–Kier alpha value is -3.14. The normalized spacial score (nSPS) is 16.7. The van der Waals surface area contributed by atoms with Crippen LogP contribution in [-0.2, 0) is 0 Å². The summed E-state index contributed by atoms with van der Waals surface area (Å²) in [5.41, 5.74) is 1.71. The molecular formula is C21H25N5O2. The number of anilines is 1. The summed E-state index contributed by atoms with van der Waals surface area (Å²) in [5, 5.41) is 13.3. The second-order valence-corrected chi connectivity index (χ2v) is 7.44. The smallest absolute Gasteiger partial charge is 0.269 e. The number of hydrogen-bond acceptors (Lipinski definition) is 5. The molecule has 2 aromatic rings. The van der Waals surface area contributed by atoms with Crippen molar-refractivity contribution >= 4 is 11.6 Å². The maximum Gasteiger partial charge on any atom is 0.269 e. The van der Waals surface area contributed by atoms with Gasteiger partial charge in [0.05, 0.1) is 29.6 Å². The van der Waals surface area contributed by atoms with Gasteiger partial charge in [-0.05, 0) is 51.0 Å². The summed E-state index contributed by atoms with van der Waals surface area (Å²) in [6, 6.07) is 10.4. The van der Waals surface area contributed by atoms with Crippen molar-refractivity contribution in [2.75, 3.05) is 25.0 Å². The molecule has 1 unspecified atom stereocenters. The van der Waals surface area contributed by atoms with E-state index in [1.807, 2.05) is 11.9 Å². The van der Waals surface area contributed by atoms with Crippen LogP contribution < -0.4 is 10.5 Å². The van der Waals surface area contributed by atoms with E-state index in [4.69, 9.17) is 5.26 Å². The molecule has 0 N–H and O–H groups in total. The minimum atomic E-state index is -0.150. The summed E-state index contributed by atoms with van der Waals surface area (Å²) in [4.78, 5) is 29.2. The van der Waals surface area contributed by atoms with Crippen LogP contribution in [-0.4, -0.2) is 46.8 Å². The number of carbonyl (C=O) groups is 1. The molecule has 1 atom stereocenters. The lowest BCUT2D eigenvalue weighted by atomic mass is 10.0. The average Bonchev–Trinajstić information content (AvgIpc) is 2.72. The van der Waals surface area contributed by atoms with Crippen LogP contribution in [0.5, 0.6) is 0 Å². The van der Waals surface area contributed by atoms with Crippen molar-refractivity contribution < 1.29 is 4.79 Å². The van der Waals surface area contributed by atoms with Crippen LogP contribution in [0, 0.1) is 11.3 Å². The van der Waals surface area contributed by atoms with Gasteiger partial charge in [0, 0.05) is 37.8 Å². The maximum absolute atomic E-state index is 12.8. The molecule has 28 heavy (non-hydrogen) atoms. The van der Waals surface area contributed by atoms with Crippen molar-refractivity contribution in [3.63, 3.8) is 0 Å². The van der Waals surface area contributed by atoms with Crippen LogP contribution in [0.3, 0.4) is 0 Å². The number of piperidine rings is 1. The molecule has 0 aliphatic carbocycles. The summed E-state index contributed by atoms with van der Waals surface area (Å²) in [5.74, 6) is -0.0848. The summed E-state index contributed by atoms with van der Waals surface area (Å²) < 4.78 is 1.50. The minimum Gasteiger partial charge on any atom is -0.371 e. The van der Waals surface area contributed by atoms with Gasteiger partial charge in [-0.25, -0.2) is 4.68 Å². The number of likely N-dealkylation sites (tertiary alicyclic amines) is 1. The Balaban J connectivity index is 1.76. The monoisotopic (exact) mass is 379 g/mol. The van der Waals surface area contributed by atoms with Crippen LogP contribution in [0.1, 0.15) is 48.7 Å². The van der Waals surface area contributed by atoms with E-state index in [2.05, 4.69) is 25.0 Å². The van der Waals surface area contributed by atoms with Crippen molar-refractivity contribution in [1.82, 2.24) is 14.7 Å². The Morgan fingerprint density at radius 2 is 2.04 bits per heavy atom. The van der Waals surface area contributed by atoms with Gasteiger partial charge >= 0.3 is 0 Å². The van der Waals surface area contributed by atoms with Gasteiger partial charge in [0.1, 0.15) is 0 Å². The summed E-state index contributed by atoms with van der Waals surface area (Å²) >= 11 is 0. The third-order valence-corrected chi connectivity index (χ3v) is 5.28. The average molecular weight is 379 g/mol. The van der Waals surface area contributed by atoms with E-state index in [0.717, 1.165) is 18.5 Å². The molecule has 1 aromatic carbocycles. The lowest BCUT2D eigenvalue weighted by Crippen LogP contribution is -2.43. The van der Waals surface area contributed by atoms with Crippen LogP contribution >= 0.6 is 0 Å². The highest BCUT2D eigenvalue weighted by Crippen LogP contribution is 2.22. The van der Waals surface area contributed by atoms with Crippen LogP contribution in [0.4, 0.5) is 5.69 Å². The van der Waals surface area contributed by atoms with E-state index in [9.17, 15) is 9.59 Å². The molecule has 7 nitrogen and oxygen atoms in total.